The van der Waals surface area contributed by atoms with Gasteiger partial charge >= 0.3 is 0 Å². The molecule has 2 aromatic carbocycles. The van der Waals surface area contributed by atoms with Gasteiger partial charge in [0.25, 0.3) is 0 Å². The molecule has 3 nitrogen and oxygen atoms in total. The average Bonchev–Trinajstić information content (AvgIpc) is 2.42. The fourth-order valence-electron chi connectivity index (χ4n) is 1.88. The molecule has 0 saturated heterocycles. The summed E-state index contributed by atoms with van der Waals surface area (Å²) in [4.78, 5) is 0. The summed E-state index contributed by atoms with van der Waals surface area (Å²) in [5.74, 6) is 5.67. The lowest BCUT2D eigenvalue weighted by molar-refractivity contribution is 0.410. The summed E-state index contributed by atoms with van der Waals surface area (Å²) in [6, 6.07) is 13.8. The van der Waals surface area contributed by atoms with Gasteiger partial charge < -0.3 is 4.74 Å². The second-order valence-corrected chi connectivity index (χ2v) is 3.90. The van der Waals surface area contributed by atoms with E-state index < -0.39 is 0 Å². The van der Waals surface area contributed by atoms with E-state index >= 15 is 0 Å². The standard InChI is InChI=1S/C14H15FN2O/c1-18-11-7-8-12(13(15)9-11)14(17-16)10-5-3-2-4-6-10/h2-9,14,17H,16H2,1H3. The second-order valence-electron chi connectivity index (χ2n) is 3.90. The third kappa shape index (κ3) is 2.50. The van der Waals surface area contributed by atoms with Crippen LogP contribution < -0.4 is 16.0 Å². The van der Waals surface area contributed by atoms with Gasteiger partial charge in [-0.1, -0.05) is 36.4 Å². The molecule has 0 aliphatic carbocycles. The first-order valence-corrected chi connectivity index (χ1v) is 5.60. The average molecular weight is 246 g/mol. The van der Waals surface area contributed by atoms with Crippen LogP contribution in [0.25, 0.3) is 0 Å². The van der Waals surface area contributed by atoms with Crippen molar-refractivity contribution in [3.63, 3.8) is 0 Å². The zero-order valence-corrected chi connectivity index (χ0v) is 10.1. The molecule has 3 N–H and O–H groups in total. The van der Waals surface area contributed by atoms with E-state index in [0.29, 0.717) is 11.3 Å². The largest absolute Gasteiger partial charge is 0.497 e. The molecular weight excluding hydrogens is 231 g/mol. The maximum atomic E-state index is 14.0. The lowest BCUT2D eigenvalue weighted by atomic mass is 9.99. The highest BCUT2D eigenvalue weighted by molar-refractivity contribution is 5.36. The molecule has 0 aliphatic rings. The van der Waals surface area contributed by atoms with Gasteiger partial charge in [0.05, 0.1) is 13.2 Å². The quantitative estimate of drug-likeness (QED) is 0.643. The topological polar surface area (TPSA) is 47.3 Å². The molecule has 18 heavy (non-hydrogen) atoms. The fraction of sp³-hybridized carbons (Fsp3) is 0.143. The number of rotatable bonds is 4. The zero-order valence-electron chi connectivity index (χ0n) is 10.1. The number of nitrogens with two attached hydrogens (primary N) is 1. The molecule has 0 aromatic heterocycles. The van der Waals surface area contributed by atoms with Crippen LogP contribution in [0.5, 0.6) is 5.75 Å². The molecule has 0 amide bonds. The lowest BCUT2D eigenvalue weighted by Gasteiger charge is -2.18. The van der Waals surface area contributed by atoms with Crippen molar-refractivity contribution in [2.45, 2.75) is 6.04 Å². The van der Waals surface area contributed by atoms with E-state index in [1.165, 1.54) is 13.2 Å². The fourth-order valence-corrected chi connectivity index (χ4v) is 1.88. The van der Waals surface area contributed by atoms with Crippen molar-refractivity contribution in [3.8, 4) is 5.75 Å². The number of hydrogen-bond acceptors (Lipinski definition) is 3. The molecule has 1 atom stereocenters. The van der Waals surface area contributed by atoms with Crippen LogP contribution in [-0.2, 0) is 0 Å². The predicted molar refractivity (Wildman–Crippen MR) is 68.6 cm³/mol. The molecular formula is C14H15FN2O. The van der Waals surface area contributed by atoms with Gasteiger partial charge in [0.1, 0.15) is 11.6 Å². The zero-order chi connectivity index (χ0) is 13.0. The highest BCUT2D eigenvalue weighted by atomic mass is 19.1. The van der Waals surface area contributed by atoms with Crippen LogP contribution in [0.3, 0.4) is 0 Å². The maximum absolute atomic E-state index is 14.0. The molecule has 0 spiro atoms. The van der Waals surface area contributed by atoms with Gasteiger partial charge in [-0.05, 0) is 11.6 Å². The van der Waals surface area contributed by atoms with Crippen LogP contribution in [0.15, 0.2) is 48.5 Å². The molecule has 0 heterocycles. The summed E-state index contributed by atoms with van der Waals surface area (Å²) >= 11 is 0. The maximum Gasteiger partial charge on any atom is 0.132 e. The first-order chi connectivity index (χ1) is 8.76. The first kappa shape index (κ1) is 12.5. The number of halogens is 1. The third-order valence-electron chi connectivity index (χ3n) is 2.82. The highest BCUT2D eigenvalue weighted by Gasteiger charge is 2.16. The number of methoxy groups -OCH3 is 1. The Hall–Kier alpha value is -1.91. The number of benzene rings is 2. The molecule has 2 aromatic rings. The van der Waals surface area contributed by atoms with Gasteiger partial charge in [0.15, 0.2) is 0 Å². The Bertz CT molecular complexity index is 516. The minimum absolute atomic E-state index is 0.346. The van der Waals surface area contributed by atoms with Crippen LogP contribution in [0, 0.1) is 5.82 Å². The van der Waals surface area contributed by atoms with Crippen molar-refractivity contribution in [3.05, 3.63) is 65.5 Å². The van der Waals surface area contributed by atoms with Crippen molar-refractivity contribution >= 4 is 0 Å². The first-order valence-electron chi connectivity index (χ1n) is 5.60. The summed E-state index contributed by atoms with van der Waals surface area (Å²) in [6.45, 7) is 0. The van der Waals surface area contributed by atoms with Gasteiger partial charge in [-0.25, -0.2) is 9.82 Å². The Labute approximate surface area is 105 Å². The number of nitrogens with one attached hydrogen (secondary N) is 1. The molecule has 0 bridgehead atoms. The number of hydrazine groups is 1. The Balaban J connectivity index is 2.39. The minimum Gasteiger partial charge on any atom is -0.497 e. The number of hydrogen-bond donors (Lipinski definition) is 2. The van der Waals surface area contributed by atoms with E-state index in [2.05, 4.69) is 5.43 Å². The molecule has 1 unspecified atom stereocenters. The molecule has 0 radical (unpaired) electrons. The summed E-state index contributed by atoms with van der Waals surface area (Å²) in [5, 5.41) is 0. The molecule has 0 saturated carbocycles. The summed E-state index contributed by atoms with van der Waals surface area (Å²) in [6.07, 6.45) is 0. The van der Waals surface area contributed by atoms with Gasteiger partial charge in [0, 0.05) is 11.6 Å². The van der Waals surface area contributed by atoms with Crippen molar-refractivity contribution in [1.29, 1.82) is 0 Å². The summed E-state index contributed by atoms with van der Waals surface area (Å²) in [7, 11) is 1.50. The molecule has 4 heteroatoms. The van der Waals surface area contributed by atoms with Gasteiger partial charge in [-0.15, -0.1) is 0 Å². The molecule has 2 rings (SSSR count). The number of ether oxygens (including phenoxy) is 1. The Morgan fingerprint density at radius 2 is 1.89 bits per heavy atom. The van der Waals surface area contributed by atoms with Crippen molar-refractivity contribution < 1.29 is 9.13 Å². The minimum atomic E-state index is -0.378. The van der Waals surface area contributed by atoms with Gasteiger partial charge in [0.2, 0.25) is 0 Å². The van der Waals surface area contributed by atoms with Crippen LogP contribution in [0.4, 0.5) is 4.39 Å². The predicted octanol–water partition coefficient (Wildman–Crippen LogP) is 2.39. The van der Waals surface area contributed by atoms with Crippen LogP contribution in [-0.4, -0.2) is 7.11 Å². The summed E-state index contributed by atoms with van der Waals surface area (Å²) < 4.78 is 19.0. The van der Waals surface area contributed by atoms with Crippen molar-refractivity contribution in [2.24, 2.45) is 5.84 Å². The Kier molecular flexibility index (Phi) is 3.92. The van der Waals surface area contributed by atoms with E-state index in [4.69, 9.17) is 10.6 Å². The van der Waals surface area contributed by atoms with Gasteiger partial charge in [-0.3, -0.25) is 5.84 Å². The SMILES string of the molecule is COc1ccc(C(NN)c2ccccc2)c(F)c1. The molecule has 0 fully saturated rings. The molecule has 0 aliphatic heterocycles. The Morgan fingerprint density at radius 3 is 2.44 bits per heavy atom. The van der Waals surface area contributed by atoms with Crippen molar-refractivity contribution in [2.75, 3.05) is 7.11 Å². The smallest absolute Gasteiger partial charge is 0.132 e. The second kappa shape index (κ2) is 5.62. The van der Waals surface area contributed by atoms with Gasteiger partial charge in [-0.2, -0.15) is 0 Å². The van der Waals surface area contributed by atoms with E-state index in [0.717, 1.165) is 5.56 Å². The van der Waals surface area contributed by atoms with Crippen molar-refractivity contribution in [1.82, 2.24) is 5.43 Å². The van der Waals surface area contributed by atoms with E-state index in [-0.39, 0.29) is 11.9 Å². The summed E-state index contributed by atoms with van der Waals surface area (Å²) in [5.41, 5.74) is 4.03. The van der Waals surface area contributed by atoms with Crippen LogP contribution >= 0.6 is 0 Å². The monoisotopic (exact) mass is 246 g/mol. The van der Waals surface area contributed by atoms with E-state index in [1.807, 2.05) is 30.3 Å². The van der Waals surface area contributed by atoms with Crippen LogP contribution in [0.2, 0.25) is 0 Å². The van der Waals surface area contributed by atoms with Crippen LogP contribution in [0.1, 0.15) is 17.2 Å². The normalized spacial score (nSPS) is 12.2. The Morgan fingerprint density at radius 1 is 1.17 bits per heavy atom. The third-order valence-corrected chi connectivity index (χ3v) is 2.82. The van der Waals surface area contributed by atoms with E-state index in [9.17, 15) is 4.39 Å². The lowest BCUT2D eigenvalue weighted by Crippen LogP contribution is -2.29. The molecule has 94 valence electrons. The highest BCUT2D eigenvalue weighted by Crippen LogP contribution is 2.26. The van der Waals surface area contributed by atoms with E-state index in [1.54, 1.807) is 12.1 Å².